The average molecular weight is 713 g/mol. The van der Waals surface area contributed by atoms with Crippen molar-refractivity contribution >= 4 is 98.8 Å². The monoisotopic (exact) mass is 712 g/mol. The molecule has 0 saturated heterocycles. The highest BCUT2D eigenvalue weighted by Gasteiger charge is 2.25. The van der Waals surface area contributed by atoms with E-state index in [-0.39, 0.29) is 0 Å². The first kappa shape index (κ1) is 32.0. The topological polar surface area (TPSA) is 6.48 Å². The molecular weight excluding hydrogens is 677 g/mol. The third-order valence-corrected chi connectivity index (χ3v) is 11.3. The van der Waals surface area contributed by atoms with Crippen molar-refractivity contribution in [3.8, 4) is 0 Å². The van der Waals surface area contributed by atoms with Crippen molar-refractivity contribution < 1.29 is 0 Å². The fraction of sp³-hybridized carbons (Fsp3) is 0. The van der Waals surface area contributed by atoms with Crippen LogP contribution in [0.4, 0.5) is 34.1 Å². The predicted octanol–water partition coefficient (Wildman–Crippen LogP) is 15.5. The molecule has 0 aliphatic heterocycles. The molecule has 0 heterocycles. The Hall–Kier alpha value is -7.42. The van der Waals surface area contributed by atoms with Crippen molar-refractivity contribution in [1.29, 1.82) is 0 Å². The van der Waals surface area contributed by atoms with Gasteiger partial charge >= 0.3 is 0 Å². The highest BCUT2D eigenvalue weighted by Crippen LogP contribution is 2.51. The van der Waals surface area contributed by atoms with E-state index in [0.717, 1.165) is 34.1 Å². The van der Waals surface area contributed by atoms with Crippen LogP contribution >= 0.6 is 0 Å². The van der Waals surface area contributed by atoms with Gasteiger partial charge in [0, 0.05) is 44.3 Å². The molecule has 2 nitrogen and oxygen atoms in total. The summed E-state index contributed by atoms with van der Waals surface area (Å²) in [4.78, 5) is 4.93. The maximum atomic E-state index is 2.46. The van der Waals surface area contributed by atoms with E-state index in [9.17, 15) is 0 Å². The summed E-state index contributed by atoms with van der Waals surface area (Å²) in [5.74, 6) is 0. The lowest BCUT2D eigenvalue weighted by Gasteiger charge is -2.33. The average Bonchev–Trinajstić information content (AvgIpc) is 3.27. The van der Waals surface area contributed by atoms with Crippen molar-refractivity contribution in [1.82, 2.24) is 0 Å². The van der Waals surface area contributed by atoms with Crippen LogP contribution in [0.25, 0.3) is 64.6 Å². The Bertz CT molecular complexity index is 2980. The SMILES string of the molecule is c1ccc(N(c2ccc3ccc4ccccc4c3c2)c2c3ccccc3c(N(c3ccccc3)c3ccc4ccc5ccccc5c4c3)c3ccccc23)cc1. The van der Waals surface area contributed by atoms with Gasteiger partial charge in [0.2, 0.25) is 0 Å². The summed E-state index contributed by atoms with van der Waals surface area (Å²) in [5, 5.41) is 14.6. The zero-order valence-electron chi connectivity index (χ0n) is 30.7. The van der Waals surface area contributed by atoms with Crippen molar-refractivity contribution in [3.05, 3.63) is 218 Å². The molecule has 0 atom stereocenters. The summed E-state index contributed by atoms with van der Waals surface area (Å²) in [7, 11) is 0. The first-order valence-electron chi connectivity index (χ1n) is 19.3. The minimum absolute atomic E-state index is 1.11. The zero-order valence-corrected chi connectivity index (χ0v) is 30.7. The maximum absolute atomic E-state index is 2.46. The molecule has 11 rings (SSSR count). The number of fused-ring (bicyclic) bond motifs is 8. The lowest BCUT2D eigenvalue weighted by molar-refractivity contribution is 1.30. The summed E-state index contributed by atoms with van der Waals surface area (Å²) in [5.41, 5.74) is 6.76. The van der Waals surface area contributed by atoms with Crippen LogP contribution < -0.4 is 9.80 Å². The number of para-hydroxylation sites is 2. The van der Waals surface area contributed by atoms with Gasteiger partial charge in [-0.05, 0) is 91.6 Å². The maximum Gasteiger partial charge on any atom is 0.0619 e. The Morgan fingerprint density at radius 1 is 0.196 bits per heavy atom. The van der Waals surface area contributed by atoms with E-state index < -0.39 is 0 Å². The Morgan fingerprint density at radius 2 is 0.482 bits per heavy atom. The summed E-state index contributed by atoms with van der Waals surface area (Å²) < 4.78 is 0. The Kier molecular flexibility index (Phi) is 7.53. The third-order valence-electron chi connectivity index (χ3n) is 11.3. The first-order valence-corrected chi connectivity index (χ1v) is 19.3. The molecule has 0 aromatic heterocycles. The van der Waals surface area contributed by atoms with Gasteiger partial charge in [-0.1, -0.05) is 170 Å². The second-order valence-electron chi connectivity index (χ2n) is 14.5. The molecule has 0 saturated carbocycles. The first-order chi connectivity index (χ1) is 27.8. The number of anilines is 6. The Labute approximate surface area is 325 Å². The molecule has 0 unspecified atom stereocenters. The van der Waals surface area contributed by atoms with Crippen LogP contribution in [0.3, 0.4) is 0 Å². The number of hydrogen-bond acceptors (Lipinski definition) is 2. The molecule has 11 aromatic carbocycles. The third kappa shape index (κ3) is 5.19. The van der Waals surface area contributed by atoms with Crippen molar-refractivity contribution in [3.63, 3.8) is 0 Å². The zero-order chi connectivity index (χ0) is 37.0. The van der Waals surface area contributed by atoms with E-state index in [0.29, 0.717) is 0 Å². The van der Waals surface area contributed by atoms with Gasteiger partial charge in [-0.25, -0.2) is 0 Å². The fourth-order valence-electron chi connectivity index (χ4n) is 8.79. The van der Waals surface area contributed by atoms with Gasteiger partial charge < -0.3 is 9.80 Å². The molecular formula is C54H36N2. The molecule has 0 radical (unpaired) electrons. The van der Waals surface area contributed by atoms with E-state index in [1.54, 1.807) is 0 Å². The highest BCUT2D eigenvalue weighted by atomic mass is 15.2. The molecule has 2 heteroatoms. The number of benzene rings is 11. The van der Waals surface area contributed by atoms with E-state index in [2.05, 4.69) is 228 Å². The predicted molar refractivity (Wildman–Crippen MR) is 241 cm³/mol. The number of rotatable bonds is 6. The second kappa shape index (κ2) is 13.2. The quantitative estimate of drug-likeness (QED) is 0.0962. The van der Waals surface area contributed by atoms with Gasteiger partial charge in [0.25, 0.3) is 0 Å². The van der Waals surface area contributed by atoms with Crippen LogP contribution in [-0.4, -0.2) is 0 Å². The number of hydrogen-bond donors (Lipinski definition) is 0. The van der Waals surface area contributed by atoms with Crippen LogP contribution in [0.5, 0.6) is 0 Å². The van der Waals surface area contributed by atoms with Crippen molar-refractivity contribution in [2.75, 3.05) is 9.80 Å². The Morgan fingerprint density at radius 3 is 0.857 bits per heavy atom. The largest absolute Gasteiger partial charge is 0.309 e. The van der Waals surface area contributed by atoms with Gasteiger partial charge in [-0.3, -0.25) is 0 Å². The van der Waals surface area contributed by atoms with Crippen LogP contribution in [0.1, 0.15) is 0 Å². The summed E-state index contributed by atoms with van der Waals surface area (Å²) >= 11 is 0. The van der Waals surface area contributed by atoms with Crippen molar-refractivity contribution in [2.45, 2.75) is 0 Å². The van der Waals surface area contributed by atoms with Crippen molar-refractivity contribution in [2.24, 2.45) is 0 Å². The molecule has 56 heavy (non-hydrogen) atoms. The molecule has 262 valence electrons. The minimum Gasteiger partial charge on any atom is -0.309 e. The molecule has 0 bridgehead atoms. The van der Waals surface area contributed by atoms with Gasteiger partial charge in [0.05, 0.1) is 11.4 Å². The standard InChI is InChI=1S/C54H36N2/c1-3-17-41(18-4-1)55(43-33-31-39-29-27-37-15-7-9-21-45(37)51(39)35-43)53-47-23-11-13-25-49(47)54(50-26-14-12-24-48(50)53)56(42-19-5-2-6-20-42)44-34-32-40-30-28-38-16-8-10-22-46(38)52(40)36-44/h1-36H. The van der Waals surface area contributed by atoms with Crippen LogP contribution in [0, 0.1) is 0 Å². The van der Waals surface area contributed by atoms with E-state index in [1.807, 2.05) is 0 Å². The van der Waals surface area contributed by atoms with E-state index >= 15 is 0 Å². The van der Waals surface area contributed by atoms with Gasteiger partial charge in [0.15, 0.2) is 0 Å². The summed E-state index contributed by atoms with van der Waals surface area (Å²) in [6.07, 6.45) is 0. The lowest BCUT2D eigenvalue weighted by atomic mass is 9.94. The normalized spacial score (nSPS) is 11.6. The van der Waals surface area contributed by atoms with Crippen LogP contribution in [0.2, 0.25) is 0 Å². The lowest BCUT2D eigenvalue weighted by Crippen LogP contribution is -2.14. The fourth-order valence-corrected chi connectivity index (χ4v) is 8.79. The van der Waals surface area contributed by atoms with Gasteiger partial charge in [0.1, 0.15) is 0 Å². The van der Waals surface area contributed by atoms with E-state index in [1.165, 1.54) is 64.6 Å². The molecule has 0 spiro atoms. The van der Waals surface area contributed by atoms with Gasteiger partial charge in [-0.15, -0.1) is 0 Å². The smallest absolute Gasteiger partial charge is 0.0619 e. The van der Waals surface area contributed by atoms with Crippen LogP contribution in [0.15, 0.2) is 218 Å². The van der Waals surface area contributed by atoms with Gasteiger partial charge in [-0.2, -0.15) is 0 Å². The van der Waals surface area contributed by atoms with Crippen LogP contribution in [-0.2, 0) is 0 Å². The Balaban J connectivity index is 1.23. The molecule has 0 aliphatic rings. The molecule has 0 aliphatic carbocycles. The molecule has 0 fully saturated rings. The van der Waals surface area contributed by atoms with E-state index in [4.69, 9.17) is 0 Å². The number of nitrogens with zero attached hydrogens (tertiary/aromatic N) is 2. The highest BCUT2D eigenvalue weighted by molar-refractivity contribution is 6.24. The molecule has 0 amide bonds. The molecule has 11 aromatic rings. The summed E-state index contributed by atoms with van der Waals surface area (Å²) in [6, 6.07) is 79.7. The molecule has 0 N–H and O–H groups in total. The second-order valence-corrected chi connectivity index (χ2v) is 14.5. The summed E-state index contributed by atoms with van der Waals surface area (Å²) in [6.45, 7) is 0. The minimum atomic E-state index is 1.11.